The number of ether oxygens (including phenoxy) is 1. The van der Waals surface area contributed by atoms with Gasteiger partial charge in [-0.25, -0.2) is 0 Å². The zero-order valence-electron chi connectivity index (χ0n) is 13.9. The Kier molecular flexibility index (Phi) is 4.71. The van der Waals surface area contributed by atoms with E-state index < -0.39 is 0 Å². The zero-order chi connectivity index (χ0) is 14.8. The third-order valence-corrected chi connectivity index (χ3v) is 3.56. The first kappa shape index (κ1) is 16.1. The quantitative estimate of drug-likeness (QED) is 0.703. The largest absolute Gasteiger partial charge is 0.490 e. The van der Waals surface area contributed by atoms with Gasteiger partial charge < -0.3 is 4.74 Å². The van der Waals surface area contributed by atoms with Crippen LogP contribution in [0.15, 0.2) is 18.2 Å². The van der Waals surface area contributed by atoms with Crippen LogP contribution in [0.5, 0.6) is 5.75 Å². The molecule has 1 aromatic rings. The van der Waals surface area contributed by atoms with Crippen molar-refractivity contribution in [1.29, 1.82) is 0 Å². The Morgan fingerprint density at radius 1 is 1.00 bits per heavy atom. The van der Waals surface area contributed by atoms with Crippen molar-refractivity contribution >= 4 is 0 Å². The highest BCUT2D eigenvalue weighted by molar-refractivity contribution is 5.43. The minimum absolute atomic E-state index is 0.101. The third-order valence-electron chi connectivity index (χ3n) is 3.56. The van der Waals surface area contributed by atoms with Crippen molar-refractivity contribution in [2.24, 2.45) is 0 Å². The van der Waals surface area contributed by atoms with Crippen molar-refractivity contribution < 1.29 is 4.74 Å². The molecule has 0 heterocycles. The van der Waals surface area contributed by atoms with Gasteiger partial charge in [0.15, 0.2) is 0 Å². The van der Waals surface area contributed by atoms with E-state index in [0.29, 0.717) is 0 Å². The Balaban J connectivity index is 3.26. The number of hydrogen-bond acceptors (Lipinski definition) is 1. The van der Waals surface area contributed by atoms with Gasteiger partial charge in [0, 0.05) is 0 Å². The molecule has 0 radical (unpaired) electrons. The Morgan fingerprint density at radius 3 is 2.00 bits per heavy atom. The van der Waals surface area contributed by atoms with Gasteiger partial charge in [0.1, 0.15) is 5.75 Å². The van der Waals surface area contributed by atoms with Crippen LogP contribution >= 0.6 is 0 Å². The lowest BCUT2D eigenvalue weighted by molar-refractivity contribution is 0.212. The van der Waals surface area contributed by atoms with Gasteiger partial charge in [-0.15, -0.1) is 0 Å². The van der Waals surface area contributed by atoms with Crippen LogP contribution in [0.25, 0.3) is 0 Å². The molecule has 0 saturated heterocycles. The monoisotopic (exact) mass is 262 g/mol. The first-order chi connectivity index (χ1) is 8.55. The van der Waals surface area contributed by atoms with Crippen LogP contribution in [0, 0.1) is 0 Å². The van der Waals surface area contributed by atoms with Crippen molar-refractivity contribution in [1.82, 2.24) is 0 Å². The van der Waals surface area contributed by atoms with E-state index in [4.69, 9.17) is 4.74 Å². The van der Waals surface area contributed by atoms with Crippen molar-refractivity contribution in [3.8, 4) is 5.75 Å². The number of rotatable bonds is 3. The molecule has 0 N–H and O–H groups in total. The Bertz CT molecular complexity index is 418. The molecule has 0 fully saturated rings. The lowest BCUT2D eigenvalue weighted by Gasteiger charge is -2.28. The molecule has 1 unspecified atom stereocenters. The second kappa shape index (κ2) is 5.56. The molecule has 1 nitrogen and oxygen atoms in total. The average molecular weight is 262 g/mol. The molecule has 108 valence electrons. The molecule has 1 atom stereocenters. The second-order valence-electron chi connectivity index (χ2n) is 7.55. The maximum absolute atomic E-state index is 6.09. The summed E-state index contributed by atoms with van der Waals surface area (Å²) < 4.78 is 6.09. The molecular formula is C18H30O. The van der Waals surface area contributed by atoms with Crippen LogP contribution < -0.4 is 4.74 Å². The van der Waals surface area contributed by atoms with Crippen molar-refractivity contribution in [2.75, 3.05) is 0 Å². The number of benzene rings is 1. The van der Waals surface area contributed by atoms with E-state index in [1.807, 2.05) is 0 Å². The molecular weight excluding hydrogens is 232 g/mol. The fourth-order valence-electron chi connectivity index (χ4n) is 1.99. The second-order valence-corrected chi connectivity index (χ2v) is 7.55. The Hall–Kier alpha value is -0.980. The molecule has 0 bridgehead atoms. The molecule has 19 heavy (non-hydrogen) atoms. The molecule has 0 spiro atoms. The molecule has 1 rings (SSSR count). The molecule has 0 aliphatic carbocycles. The zero-order valence-corrected chi connectivity index (χ0v) is 13.9. The maximum atomic E-state index is 6.09. The van der Waals surface area contributed by atoms with E-state index in [1.54, 1.807) is 0 Å². The standard InChI is InChI=1S/C18H30O/c1-9-13(2)19-16-11-10-14(17(3,4)5)12-15(16)18(6,7)8/h10-13H,9H2,1-8H3. The Morgan fingerprint density at radius 2 is 1.58 bits per heavy atom. The average Bonchev–Trinajstić information content (AvgIpc) is 2.26. The summed E-state index contributed by atoms with van der Waals surface area (Å²) in [5, 5.41) is 0. The Labute approximate surface area is 119 Å². The predicted octanol–water partition coefficient (Wildman–Crippen LogP) is 5.46. The molecule has 0 aliphatic rings. The van der Waals surface area contributed by atoms with Gasteiger partial charge in [-0.3, -0.25) is 0 Å². The van der Waals surface area contributed by atoms with Crippen LogP contribution in [-0.2, 0) is 10.8 Å². The van der Waals surface area contributed by atoms with Crippen LogP contribution in [0.3, 0.4) is 0 Å². The van der Waals surface area contributed by atoms with Gasteiger partial charge >= 0.3 is 0 Å². The van der Waals surface area contributed by atoms with Gasteiger partial charge in [0.2, 0.25) is 0 Å². The fraction of sp³-hybridized carbons (Fsp3) is 0.667. The summed E-state index contributed by atoms with van der Waals surface area (Å²) in [5.41, 5.74) is 2.95. The molecule has 1 aromatic carbocycles. The summed E-state index contributed by atoms with van der Waals surface area (Å²) >= 11 is 0. The van der Waals surface area contributed by atoms with Gasteiger partial charge in [-0.1, -0.05) is 60.6 Å². The van der Waals surface area contributed by atoms with E-state index in [-0.39, 0.29) is 16.9 Å². The summed E-state index contributed by atoms with van der Waals surface area (Å²) in [7, 11) is 0. The van der Waals surface area contributed by atoms with Crippen LogP contribution in [0.4, 0.5) is 0 Å². The fourth-order valence-corrected chi connectivity index (χ4v) is 1.99. The summed E-state index contributed by atoms with van der Waals surface area (Å²) in [4.78, 5) is 0. The highest BCUT2D eigenvalue weighted by atomic mass is 16.5. The maximum Gasteiger partial charge on any atom is 0.123 e. The molecule has 1 heteroatoms. The summed E-state index contributed by atoms with van der Waals surface area (Å²) in [6.07, 6.45) is 1.30. The first-order valence-corrected chi connectivity index (χ1v) is 7.37. The SMILES string of the molecule is CCC(C)Oc1ccc(C(C)(C)C)cc1C(C)(C)C. The highest BCUT2D eigenvalue weighted by Gasteiger charge is 2.23. The summed E-state index contributed by atoms with van der Waals surface area (Å²) in [6, 6.07) is 6.66. The summed E-state index contributed by atoms with van der Waals surface area (Å²) in [5.74, 6) is 1.04. The first-order valence-electron chi connectivity index (χ1n) is 7.37. The van der Waals surface area contributed by atoms with Crippen LogP contribution in [0.2, 0.25) is 0 Å². The van der Waals surface area contributed by atoms with E-state index in [2.05, 4.69) is 73.6 Å². The van der Waals surface area contributed by atoms with E-state index in [0.717, 1.165) is 12.2 Å². The van der Waals surface area contributed by atoms with Crippen LogP contribution in [-0.4, -0.2) is 6.10 Å². The van der Waals surface area contributed by atoms with Crippen LogP contribution in [0.1, 0.15) is 72.9 Å². The lowest BCUT2D eigenvalue weighted by atomic mass is 9.80. The minimum Gasteiger partial charge on any atom is -0.490 e. The van der Waals surface area contributed by atoms with Crippen molar-refractivity contribution in [2.45, 2.75) is 78.7 Å². The van der Waals surface area contributed by atoms with E-state index in [9.17, 15) is 0 Å². The third kappa shape index (κ3) is 4.26. The molecule has 0 aliphatic heterocycles. The molecule has 0 amide bonds. The topological polar surface area (TPSA) is 9.23 Å². The number of hydrogen-bond donors (Lipinski definition) is 0. The predicted molar refractivity (Wildman–Crippen MR) is 84.2 cm³/mol. The van der Waals surface area contributed by atoms with E-state index in [1.165, 1.54) is 11.1 Å². The van der Waals surface area contributed by atoms with Gasteiger partial charge in [0.25, 0.3) is 0 Å². The highest BCUT2D eigenvalue weighted by Crippen LogP contribution is 2.36. The molecule has 0 saturated carbocycles. The smallest absolute Gasteiger partial charge is 0.123 e. The molecule has 0 aromatic heterocycles. The lowest BCUT2D eigenvalue weighted by Crippen LogP contribution is -2.19. The van der Waals surface area contributed by atoms with E-state index >= 15 is 0 Å². The van der Waals surface area contributed by atoms with Gasteiger partial charge in [-0.2, -0.15) is 0 Å². The van der Waals surface area contributed by atoms with Crippen molar-refractivity contribution in [3.63, 3.8) is 0 Å². The van der Waals surface area contributed by atoms with Gasteiger partial charge in [0.05, 0.1) is 6.10 Å². The van der Waals surface area contributed by atoms with Gasteiger partial charge in [-0.05, 0) is 41.4 Å². The minimum atomic E-state index is 0.101. The van der Waals surface area contributed by atoms with Crippen molar-refractivity contribution in [3.05, 3.63) is 29.3 Å². The summed E-state index contributed by atoms with van der Waals surface area (Å²) in [6.45, 7) is 17.8. The normalized spacial score (nSPS) is 14.3.